The molecule has 1 aromatic carbocycles. The van der Waals surface area contributed by atoms with Crippen LogP contribution >= 0.6 is 0 Å². The lowest BCUT2D eigenvalue weighted by atomic mass is 10.1. The molecule has 0 radical (unpaired) electrons. The number of hydrogen-bond donors (Lipinski definition) is 1. The Balaban J connectivity index is 2.87. The van der Waals surface area contributed by atoms with Crippen LogP contribution in [-0.2, 0) is 6.54 Å². The summed E-state index contributed by atoms with van der Waals surface area (Å²) >= 11 is 0. The van der Waals surface area contributed by atoms with E-state index in [4.69, 9.17) is 10.2 Å². The second kappa shape index (κ2) is 2.85. The first-order valence-electron chi connectivity index (χ1n) is 4.09. The minimum atomic E-state index is -0.269. The highest BCUT2D eigenvalue weighted by Crippen LogP contribution is 2.26. The van der Waals surface area contributed by atoms with Gasteiger partial charge in [-0.05, 0) is 18.6 Å². The average Bonchev–Trinajstić information content (AvgIpc) is 2.56. The number of nitrogens with two attached hydrogens (primary N) is 1. The molecular formula is C10H10FNO. The summed E-state index contributed by atoms with van der Waals surface area (Å²) in [5, 5.41) is 0.516. The normalized spacial score (nSPS) is 11.0. The molecule has 68 valence electrons. The molecule has 0 unspecified atom stereocenters. The Morgan fingerprint density at radius 3 is 2.92 bits per heavy atom. The van der Waals surface area contributed by atoms with E-state index in [0.717, 1.165) is 11.1 Å². The molecule has 0 amide bonds. The Bertz CT molecular complexity index is 447. The molecule has 0 atom stereocenters. The Kier molecular flexibility index (Phi) is 1.81. The van der Waals surface area contributed by atoms with E-state index in [1.807, 2.05) is 6.92 Å². The van der Waals surface area contributed by atoms with Crippen molar-refractivity contribution in [2.24, 2.45) is 5.73 Å². The zero-order valence-electron chi connectivity index (χ0n) is 7.30. The third-order valence-corrected chi connectivity index (χ3v) is 2.16. The highest BCUT2D eigenvalue weighted by molar-refractivity contribution is 5.84. The molecule has 0 fully saturated rings. The van der Waals surface area contributed by atoms with Crippen molar-refractivity contribution in [1.82, 2.24) is 0 Å². The summed E-state index contributed by atoms with van der Waals surface area (Å²) in [6, 6.07) is 3.13. The molecule has 0 saturated heterocycles. The first-order valence-corrected chi connectivity index (χ1v) is 4.09. The first kappa shape index (κ1) is 8.26. The van der Waals surface area contributed by atoms with Crippen molar-refractivity contribution < 1.29 is 8.81 Å². The van der Waals surface area contributed by atoms with Crippen LogP contribution in [0.3, 0.4) is 0 Å². The van der Waals surface area contributed by atoms with Crippen molar-refractivity contribution in [3.63, 3.8) is 0 Å². The van der Waals surface area contributed by atoms with Gasteiger partial charge in [0, 0.05) is 12.1 Å². The van der Waals surface area contributed by atoms with Gasteiger partial charge in [0.2, 0.25) is 0 Å². The highest BCUT2D eigenvalue weighted by Gasteiger charge is 2.10. The van der Waals surface area contributed by atoms with Gasteiger partial charge in [-0.3, -0.25) is 0 Å². The number of fused-ring (bicyclic) bond motifs is 1. The van der Waals surface area contributed by atoms with Gasteiger partial charge in [-0.2, -0.15) is 0 Å². The molecule has 2 nitrogen and oxygen atoms in total. The minimum absolute atomic E-state index is 0.269. The Hall–Kier alpha value is -1.35. The maximum atomic E-state index is 13.3. The molecular weight excluding hydrogens is 169 g/mol. The monoisotopic (exact) mass is 179 g/mol. The van der Waals surface area contributed by atoms with Gasteiger partial charge in [-0.15, -0.1) is 0 Å². The summed E-state index contributed by atoms with van der Waals surface area (Å²) in [5.41, 5.74) is 7.70. The van der Waals surface area contributed by atoms with E-state index in [9.17, 15) is 4.39 Å². The van der Waals surface area contributed by atoms with Crippen molar-refractivity contribution in [3.05, 3.63) is 35.3 Å². The smallest absolute Gasteiger partial charge is 0.140 e. The molecule has 0 aliphatic rings. The highest BCUT2D eigenvalue weighted by atomic mass is 19.1. The maximum Gasteiger partial charge on any atom is 0.140 e. The van der Waals surface area contributed by atoms with Crippen molar-refractivity contribution in [3.8, 4) is 0 Å². The van der Waals surface area contributed by atoms with E-state index < -0.39 is 0 Å². The second-order valence-electron chi connectivity index (χ2n) is 3.03. The van der Waals surface area contributed by atoms with Crippen molar-refractivity contribution in [2.75, 3.05) is 0 Å². The van der Waals surface area contributed by atoms with E-state index >= 15 is 0 Å². The van der Waals surface area contributed by atoms with Gasteiger partial charge in [0.25, 0.3) is 0 Å². The standard InChI is InChI=1S/C10H10FNO/c1-6-2-3-8(11)9-7(4-12)5-13-10(6)9/h2-3,5H,4,12H2,1H3. The quantitative estimate of drug-likeness (QED) is 0.729. The van der Waals surface area contributed by atoms with Gasteiger partial charge >= 0.3 is 0 Å². The third-order valence-electron chi connectivity index (χ3n) is 2.16. The molecule has 2 N–H and O–H groups in total. The van der Waals surface area contributed by atoms with E-state index in [1.165, 1.54) is 12.3 Å². The van der Waals surface area contributed by atoms with Crippen LogP contribution in [0.25, 0.3) is 11.0 Å². The molecule has 0 aliphatic heterocycles. The van der Waals surface area contributed by atoms with Gasteiger partial charge < -0.3 is 10.2 Å². The summed E-state index contributed by atoms with van der Waals surface area (Å²) in [4.78, 5) is 0. The fraction of sp³-hybridized carbons (Fsp3) is 0.200. The van der Waals surface area contributed by atoms with E-state index in [-0.39, 0.29) is 5.82 Å². The Morgan fingerprint density at radius 2 is 2.23 bits per heavy atom. The number of furan rings is 1. The fourth-order valence-corrected chi connectivity index (χ4v) is 1.45. The molecule has 0 aliphatic carbocycles. The Morgan fingerprint density at radius 1 is 1.46 bits per heavy atom. The zero-order valence-corrected chi connectivity index (χ0v) is 7.30. The molecule has 13 heavy (non-hydrogen) atoms. The fourth-order valence-electron chi connectivity index (χ4n) is 1.45. The topological polar surface area (TPSA) is 39.2 Å². The lowest BCUT2D eigenvalue weighted by molar-refractivity contribution is 0.604. The predicted octanol–water partition coefficient (Wildman–Crippen LogP) is 2.34. The van der Waals surface area contributed by atoms with Crippen LogP contribution in [0.4, 0.5) is 4.39 Å². The number of halogens is 1. The zero-order chi connectivity index (χ0) is 9.42. The number of aryl methyl sites for hydroxylation is 1. The average molecular weight is 179 g/mol. The van der Waals surface area contributed by atoms with Crippen molar-refractivity contribution in [2.45, 2.75) is 13.5 Å². The number of benzene rings is 1. The third kappa shape index (κ3) is 1.12. The van der Waals surface area contributed by atoms with Crippen LogP contribution in [-0.4, -0.2) is 0 Å². The van der Waals surface area contributed by atoms with Crippen LogP contribution in [0.2, 0.25) is 0 Å². The van der Waals surface area contributed by atoms with Crippen LogP contribution < -0.4 is 5.73 Å². The molecule has 3 heteroatoms. The van der Waals surface area contributed by atoms with Gasteiger partial charge in [-0.1, -0.05) is 6.07 Å². The lowest BCUT2D eigenvalue weighted by Crippen LogP contribution is -1.95. The molecule has 2 aromatic rings. The van der Waals surface area contributed by atoms with Crippen LogP contribution in [0.1, 0.15) is 11.1 Å². The van der Waals surface area contributed by atoms with Crippen LogP contribution in [0, 0.1) is 12.7 Å². The Labute approximate surface area is 75.1 Å². The summed E-state index contributed by atoms with van der Waals surface area (Å²) in [7, 11) is 0. The molecule has 1 aromatic heterocycles. The summed E-state index contributed by atoms with van der Waals surface area (Å²) in [6.07, 6.45) is 1.51. The van der Waals surface area contributed by atoms with Gasteiger partial charge in [0.1, 0.15) is 11.4 Å². The van der Waals surface area contributed by atoms with Crippen molar-refractivity contribution in [1.29, 1.82) is 0 Å². The van der Waals surface area contributed by atoms with Crippen LogP contribution in [0.15, 0.2) is 22.8 Å². The molecule has 0 spiro atoms. The number of hydrogen-bond acceptors (Lipinski definition) is 2. The lowest BCUT2D eigenvalue weighted by Gasteiger charge is -1.97. The second-order valence-corrected chi connectivity index (χ2v) is 3.03. The number of rotatable bonds is 1. The summed E-state index contributed by atoms with van der Waals surface area (Å²) < 4.78 is 18.6. The first-order chi connectivity index (χ1) is 6.24. The van der Waals surface area contributed by atoms with Gasteiger partial charge in [0.15, 0.2) is 0 Å². The summed E-state index contributed by atoms with van der Waals surface area (Å²) in [5.74, 6) is -0.269. The molecule has 2 rings (SSSR count). The molecule has 1 heterocycles. The van der Waals surface area contributed by atoms with Gasteiger partial charge in [0.05, 0.1) is 11.6 Å². The minimum Gasteiger partial charge on any atom is -0.464 e. The van der Waals surface area contributed by atoms with Crippen molar-refractivity contribution >= 4 is 11.0 Å². The largest absolute Gasteiger partial charge is 0.464 e. The van der Waals surface area contributed by atoms with E-state index in [1.54, 1.807) is 6.07 Å². The van der Waals surface area contributed by atoms with Gasteiger partial charge in [-0.25, -0.2) is 4.39 Å². The SMILES string of the molecule is Cc1ccc(F)c2c(CN)coc12. The maximum absolute atomic E-state index is 13.3. The van der Waals surface area contributed by atoms with Crippen LogP contribution in [0.5, 0.6) is 0 Å². The van der Waals surface area contributed by atoms with E-state index in [2.05, 4.69) is 0 Å². The molecule has 0 bridgehead atoms. The van der Waals surface area contributed by atoms with E-state index in [0.29, 0.717) is 17.5 Å². The summed E-state index contributed by atoms with van der Waals surface area (Å²) in [6.45, 7) is 2.18. The molecule has 0 saturated carbocycles. The predicted molar refractivity (Wildman–Crippen MR) is 48.8 cm³/mol.